The third kappa shape index (κ3) is 4.15. The Hall–Kier alpha value is -3.19. The molecule has 2 N–H and O–H groups in total. The summed E-state index contributed by atoms with van der Waals surface area (Å²) in [5, 5.41) is 5.92. The van der Waals surface area contributed by atoms with Gasteiger partial charge < -0.3 is 10.2 Å². The number of likely N-dealkylation sites (N-methyl/N-ethyl adjacent to an activating group) is 1. The van der Waals surface area contributed by atoms with Gasteiger partial charge in [-0.15, -0.1) is 0 Å². The number of hydrogen-bond donors (Lipinski definition) is 2. The Bertz CT molecular complexity index is 1050. The third-order valence-electron chi connectivity index (χ3n) is 4.49. The van der Waals surface area contributed by atoms with Crippen molar-refractivity contribution >= 4 is 16.7 Å². The highest BCUT2D eigenvalue weighted by Gasteiger charge is 2.16. The standard InChI is InChI=1S/C20H22N4O3/c1-23(2)17(14-8-4-3-5-9-14)12-21-18(25)13-24-20(27)16-11-7-6-10-15(16)19(26)22-24/h3-11,17H,12-13H2,1-2H3,(H,21,25)(H,22,26). The Morgan fingerprint density at radius 1 is 1.04 bits per heavy atom. The van der Waals surface area contributed by atoms with Crippen molar-refractivity contribution in [3.63, 3.8) is 0 Å². The Labute approximate surface area is 156 Å². The molecule has 27 heavy (non-hydrogen) atoms. The summed E-state index contributed by atoms with van der Waals surface area (Å²) in [4.78, 5) is 39.0. The van der Waals surface area contributed by atoms with Crippen molar-refractivity contribution in [2.24, 2.45) is 0 Å². The number of fused-ring (bicyclic) bond motifs is 1. The number of rotatable bonds is 6. The van der Waals surface area contributed by atoms with Gasteiger partial charge in [0.25, 0.3) is 11.1 Å². The highest BCUT2D eigenvalue weighted by atomic mass is 16.2. The number of aromatic nitrogens is 2. The minimum atomic E-state index is -0.396. The van der Waals surface area contributed by atoms with E-state index in [1.54, 1.807) is 24.3 Å². The van der Waals surface area contributed by atoms with Crippen LogP contribution < -0.4 is 16.4 Å². The van der Waals surface area contributed by atoms with Gasteiger partial charge in [0.1, 0.15) is 6.54 Å². The van der Waals surface area contributed by atoms with Crippen molar-refractivity contribution < 1.29 is 4.79 Å². The van der Waals surface area contributed by atoms with Crippen LogP contribution in [0.4, 0.5) is 0 Å². The third-order valence-corrected chi connectivity index (χ3v) is 4.49. The lowest BCUT2D eigenvalue weighted by atomic mass is 10.1. The van der Waals surface area contributed by atoms with E-state index in [1.165, 1.54) is 0 Å². The molecule has 0 aliphatic heterocycles. The summed E-state index contributed by atoms with van der Waals surface area (Å²) >= 11 is 0. The number of benzene rings is 2. The molecule has 0 radical (unpaired) electrons. The van der Waals surface area contributed by atoms with E-state index in [-0.39, 0.29) is 18.5 Å². The van der Waals surface area contributed by atoms with Crippen LogP contribution in [-0.4, -0.2) is 41.2 Å². The maximum absolute atomic E-state index is 12.5. The average Bonchev–Trinajstić information content (AvgIpc) is 2.66. The molecule has 0 saturated carbocycles. The second kappa shape index (κ2) is 8.01. The Balaban J connectivity index is 1.74. The molecule has 0 spiro atoms. The van der Waals surface area contributed by atoms with Gasteiger partial charge >= 0.3 is 0 Å². The topological polar surface area (TPSA) is 87.2 Å². The van der Waals surface area contributed by atoms with Crippen molar-refractivity contribution in [2.45, 2.75) is 12.6 Å². The fourth-order valence-electron chi connectivity index (χ4n) is 3.04. The van der Waals surface area contributed by atoms with Crippen LogP contribution in [0.3, 0.4) is 0 Å². The minimum Gasteiger partial charge on any atom is -0.353 e. The first-order chi connectivity index (χ1) is 13.0. The molecule has 0 bridgehead atoms. The highest BCUT2D eigenvalue weighted by Crippen LogP contribution is 2.16. The lowest BCUT2D eigenvalue weighted by Crippen LogP contribution is -2.39. The number of H-pyrrole nitrogens is 1. The molecule has 0 aliphatic rings. The van der Waals surface area contributed by atoms with Crippen molar-refractivity contribution in [2.75, 3.05) is 20.6 Å². The van der Waals surface area contributed by atoms with E-state index in [0.717, 1.165) is 10.2 Å². The molecule has 1 heterocycles. The monoisotopic (exact) mass is 366 g/mol. The molecule has 3 aromatic rings. The Morgan fingerprint density at radius 3 is 2.33 bits per heavy atom. The molecule has 1 unspecified atom stereocenters. The molecular formula is C20H22N4O3. The maximum Gasteiger partial charge on any atom is 0.273 e. The van der Waals surface area contributed by atoms with Crippen molar-refractivity contribution in [1.29, 1.82) is 0 Å². The molecule has 1 aromatic heterocycles. The zero-order chi connectivity index (χ0) is 19.4. The minimum absolute atomic E-state index is 0.00234. The van der Waals surface area contributed by atoms with Gasteiger partial charge in [0.2, 0.25) is 5.91 Å². The van der Waals surface area contributed by atoms with Gasteiger partial charge in [-0.2, -0.15) is 0 Å². The van der Waals surface area contributed by atoms with Crippen LogP contribution in [0.25, 0.3) is 10.8 Å². The number of amides is 1. The SMILES string of the molecule is CN(C)C(CNC(=O)Cn1[nH]c(=O)c2ccccc2c1=O)c1ccccc1. The van der Waals surface area contributed by atoms with Gasteiger partial charge in [0.15, 0.2) is 0 Å². The summed E-state index contributed by atoms with van der Waals surface area (Å²) in [7, 11) is 3.88. The van der Waals surface area contributed by atoms with E-state index < -0.39 is 11.1 Å². The first-order valence-electron chi connectivity index (χ1n) is 8.67. The van der Waals surface area contributed by atoms with Crippen LogP contribution in [0, 0.1) is 0 Å². The molecule has 2 aromatic carbocycles. The van der Waals surface area contributed by atoms with Crippen LogP contribution in [0.5, 0.6) is 0 Å². The van der Waals surface area contributed by atoms with Gasteiger partial charge in [-0.1, -0.05) is 42.5 Å². The fraction of sp³-hybridized carbons (Fsp3) is 0.250. The molecule has 1 atom stereocenters. The van der Waals surface area contributed by atoms with Crippen LogP contribution in [0.1, 0.15) is 11.6 Å². The van der Waals surface area contributed by atoms with Crippen LogP contribution in [0.15, 0.2) is 64.2 Å². The largest absolute Gasteiger partial charge is 0.353 e. The van der Waals surface area contributed by atoms with Gasteiger partial charge in [-0.25, -0.2) is 4.68 Å². The number of carbonyl (C=O) groups is 1. The zero-order valence-electron chi connectivity index (χ0n) is 15.3. The van der Waals surface area contributed by atoms with Crippen LogP contribution in [0.2, 0.25) is 0 Å². The Morgan fingerprint density at radius 2 is 1.67 bits per heavy atom. The summed E-state index contributed by atoms with van der Waals surface area (Å²) < 4.78 is 1.05. The van der Waals surface area contributed by atoms with Gasteiger partial charge in [-0.3, -0.25) is 19.5 Å². The summed E-state index contributed by atoms with van der Waals surface area (Å²) in [5.74, 6) is -0.342. The first kappa shape index (κ1) is 18.6. The van der Waals surface area contributed by atoms with Crippen LogP contribution in [-0.2, 0) is 11.3 Å². The zero-order valence-corrected chi connectivity index (χ0v) is 15.3. The van der Waals surface area contributed by atoms with Gasteiger partial charge in [-0.05, 0) is 31.8 Å². The first-order valence-corrected chi connectivity index (χ1v) is 8.67. The number of hydrogen-bond acceptors (Lipinski definition) is 4. The lowest BCUT2D eigenvalue weighted by Gasteiger charge is -2.25. The maximum atomic E-state index is 12.5. The van der Waals surface area contributed by atoms with Gasteiger partial charge in [0.05, 0.1) is 16.8 Å². The second-order valence-corrected chi connectivity index (χ2v) is 6.57. The van der Waals surface area contributed by atoms with E-state index >= 15 is 0 Å². The summed E-state index contributed by atoms with van der Waals surface area (Å²) in [6.45, 7) is 0.149. The second-order valence-electron chi connectivity index (χ2n) is 6.57. The average molecular weight is 366 g/mol. The van der Waals surface area contributed by atoms with Crippen molar-refractivity contribution in [1.82, 2.24) is 20.0 Å². The normalized spacial score (nSPS) is 12.3. The highest BCUT2D eigenvalue weighted by molar-refractivity contribution is 5.81. The molecule has 0 fully saturated rings. The molecule has 3 rings (SSSR count). The molecule has 1 amide bonds. The summed E-state index contributed by atoms with van der Waals surface area (Å²) in [5.41, 5.74) is 0.292. The fourth-order valence-corrected chi connectivity index (χ4v) is 3.04. The van der Waals surface area contributed by atoms with E-state index in [2.05, 4.69) is 10.4 Å². The van der Waals surface area contributed by atoms with E-state index in [1.807, 2.05) is 49.3 Å². The van der Waals surface area contributed by atoms with E-state index in [0.29, 0.717) is 17.3 Å². The predicted octanol–water partition coefficient (Wildman–Crippen LogP) is 1.11. The molecular weight excluding hydrogens is 344 g/mol. The molecule has 0 saturated heterocycles. The lowest BCUT2D eigenvalue weighted by molar-refractivity contribution is -0.122. The molecule has 7 nitrogen and oxygen atoms in total. The van der Waals surface area contributed by atoms with Gasteiger partial charge in [0, 0.05) is 6.54 Å². The van der Waals surface area contributed by atoms with Crippen molar-refractivity contribution in [3.8, 4) is 0 Å². The number of nitrogens with zero attached hydrogens (tertiary/aromatic N) is 2. The summed E-state index contributed by atoms with van der Waals surface area (Å²) in [6.07, 6.45) is 0. The number of nitrogens with one attached hydrogen (secondary N) is 2. The van der Waals surface area contributed by atoms with Crippen molar-refractivity contribution in [3.05, 3.63) is 80.9 Å². The van der Waals surface area contributed by atoms with E-state index in [9.17, 15) is 14.4 Å². The number of aromatic amines is 1. The number of carbonyl (C=O) groups excluding carboxylic acids is 1. The predicted molar refractivity (Wildman–Crippen MR) is 105 cm³/mol. The smallest absolute Gasteiger partial charge is 0.273 e. The summed E-state index contributed by atoms with van der Waals surface area (Å²) in [6, 6.07) is 16.4. The molecule has 0 aliphatic carbocycles. The molecule has 140 valence electrons. The Kier molecular flexibility index (Phi) is 5.52. The van der Waals surface area contributed by atoms with E-state index in [4.69, 9.17) is 0 Å². The molecule has 7 heteroatoms. The van der Waals surface area contributed by atoms with Crippen LogP contribution >= 0.6 is 0 Å². The quantitative estimate of drug-likeness (QED) is 0.684.